The Bertz CT molecular complexity index is 399. The summed E-state index contributed by atoms with van der Waals surface area (Å²) in [5, 5.41) is 13.1. The number of hydrogen-bond donors (Lipinski definition) is 1. The Hall–Kier alpha value is -0.800. The van der Waals surface area contributed by atoms with Crippen molar-refractivity contribution in [3.05, 3.63) is 11.7 Å². The Morgan fingerprint density at radius 2 is 2.22 bits per heavy atom. The van der Waals surface area contributed by atoms with E-state index in [0.717, 1.165) is 0 Å². The molecule has 0 radical (unpaired) electrons. The Kier molecular flexibility index (Phi) is 4.13. The van der Waals surface area contributed by atoms with Gasteiger partial charge < -0.3 is 14.4 Å². The van der Waals surface area contributed by atoms with Crippen LogP contribution in [0, 0.1) is 0 Å². The highest BCUT2D eigenvalue weighted by atomic mass is 32.2. The minimum absolute atomic E-state index is 0.0540. The van der Waals surface area contributed by atoms with Crippen LogP contribution in [0.3, 0.4) is 0 Å². The summed E-state index contributed by atoms with van der Waals surface area (Å²) >= 11 is 1.56. The number of hydrogen-bond acceptors (Lipinski definition) is 6. The van der Waals surface area contributed by atoms with Gasteiger partial charge in [0.15, 0.2) is 5.82 Å². The van der Waals surface area contributed by atoms with Crippen LogP contribution in [0.4, 0.5) is 13.2 Å². The van der Waals surface area contributed by atoms with Crippen LogP contribution in [0.2, 0.25) is 0 Å². The van der Waals surface area contributed by atoms with Crippen LogP contribution < -0.4 is 0 Å². The molecule has 0 saturated carbocycles. The van der Waals surface area contributed by atoms with Crippen molar-refractivity contribution in [2.45, 2.75) is 24.8 Å². The minimum atomic E-state index is -4.37. The number of alkyl halides is 3. The lowest BCUT2D eigenvalue weighted by Crippen LogP contribution is -2.17. The lowest BCUT2D eigenvalue weighted by Gasteiger charge is -2.06. The molecule has 1 aromatic rings. The zero-order chi connectivity index (χ0) is 13.2. The van der Waals surface area contributed by atoms with E-state index in [9.17, 15) is 18.3 Å². The van der Waals surface area contributed by atoms with E-state index in [2.05, 4.69) is 14.9 Å². The monoisotopic (exact) mass is 284 g/mol. The molecule has 0 aromatic carbocycles. The van der Waals surface area contributed by atoms with Gasteiger partial charge in [0.05, 0.1) is 12.0 Å². The Labute approximate surface area is 105 Å². The van der Waals surface area contributed by atoms with Crippen molar-refractivity contribution in [2.24, 2.45) is 0 Å². The molecule has 2 rings (SSSR count). The second kappa shape index (κ2) is 5.45. The average Bonchev–Trinajstić information content (AvgIpc) is 2.84. The second-order valence-electron chi connectivity index (χ2n) is 3.87. The molecular formula is C9H11F3N2O3S. The molecule has 1 N–H and O–H groups in total. The molecule has 0 spiro atoms. The molecule has 1 aromatic heterocycles. The van der Waals surface area contributed by atoms with Gasteiger partial charge in [0.25, 0.3) is 0 Å². The second-order valence-corrected chi connectivity index (χ2v) is 4.94. The Morgan fingerprint density at radius 1 is 1.44 bits per heavy atom. The van der Waals surface area contributed by atoms with Gasteiger partial charge in [-0.1, -0.05) is 5.16 Å². The molecule has 5 nitrogen and oxygen atoms in total. The predicted molar refractivity (Wildman–Crippen MR) is 56.1 cm³/mol. The molecule has 0 amide bonds. The number of ether oxygens (including phenoxy) is 1. The van der Waals surface area contributed by atoms with Gasteiger partial charge in [-0.2, -0.15) is 29.9 Å². The lowest BCUT2D eigenvalue weighted by atomic mass is 10.1. The van der Waals surface area contributed by atoms with Crippen molar-refractivity contribution in [3.8, 4) is 0 Å². The standard InChI is InChI=1S/C9H11F3N2O3S/c10-9(11,12)4-16-1-7-13-8(17-14-7)5-2-18-3-6(5)15/h5-6,15H,1-4H2. The first-order valence-electron chi connectivity index (χ1n) is 5.18. The third-order valence-electron chi connectivity index (χ3n) is 2.35. The van der Waals surface area contributed by atoms with Gasteiger partial charge in [0.2, 0.25) is 5.89 Å². The number of thioether (sulfide) groups is 1. The number of aliphatic hydroxyl groups excluding tert-OH is 1. The predicted octanol–water partition coefficient (Wildman–Crippen LogP) is 1.34. The number of halogens is 3. The molecule has 2 unspecified atom stereocenters. The van der Waals surface area contributed by atoms with Gasteiger partial charge >= 0.3 is 6.18 Å². The maximum Gasteiger partial charge on any atom is 0.411 e. The van der Waals surface area contributed by atoms with Crippen molar-refractivity contribution < 1.29 is 27.5 Å². The first kappa shape index (κ1) is 13.6. The minimum Gasteiger partial charge on any atom is -0.391 e. The fourth-order valence-electron chi connectivity index (χ4n) is 1.51. The maximum atomic E-state index is 11.8. The van der Waals surface area contributed by atoms with Crippen LogP contribution in [0.1, 0.15) is 17.6 Å². The van der Waals surface area contributed by atoms with Crippen molar-refractivity contribution in [1.29, 1.82) is 0 Å². The van der Waals surface area contributed by atoms with Crippen molar-refractivity contribution in [3.63, 3.8) is 0 Å². The Morgan fingerprint density at radius 3 is 2.83 bits per heavy atom. The summed E-state index contributed by atoms with van der Waals surface area (Å²) < 4.78 is 44.8. The van der Waals surface area contributed by atoms with Crippen molar-refractivity contribution in [2.75, 3.05) is 18.1 Å². The van der Waals surface area contributed by atoms with Gasteiger partial charge in [0, 0.05) is 11.5 Å². The highest BCUT2D eigenvalue weighted by molar-refractivity contribution is 7.99. The first-order chi connectivity index (χ1) is 8.46. The van der Waals surface area contributed by atoms with Crippen LogP contribution in [-0.2, 0) is 11.3 Å². The van der Waals surface area contributed by atoms with Crippen molar-refractivity contribution >= 4 is 11.8 Å². The molecule has 2 heterocycles. The van der Waals surface area contributed by atoms with E-state index in [1.807, 2.05) is 0 Å². The van der Waals surface area contributed by atoms with E-state index in [0.29, 0.717) is 11.5 Å². The van der Waals surface area contributed by atoms with E-state index >= 15 is 0 Å². The summed E-state index contributed by atoms with van der Waals surface area (Å²) in [4.78, 5) is 3.92. The van der Waals surface area contributed by atoms with Crippen LogP contribution in [-0.4, -0.2) is 45.6 Å². The molecule has 1 saturated heterocycles. The molecule has 1 aliphatic heterocycles. The molecule has 9 heteroatoms. The summed E-state index contributed by atoms with van der Waals surface area (Å²) in [5.41, 5.74) is 0. The SMILES string of the molecule is OC1CSCC1c1nc(COCC(F)(F)F)no1. The fourth-order valence-corrected chi connectivity index (χ4v) is 2.74. The first-order valence-corrected chi connectivity index (χ1v) is 6.34. The lowest BCUT2D eigenvalue weighted by molar-refractivity contribution is -0.177. The molecule has 2 atom stereocenters. The zero-order valence-corrected chi connectivity index (χ0v) is 10.00. The third-order valence-corrected chi connectivity index (χ3v) is 3.52. The van der Waals surface area contributed by atoms with Gasteiger partial charge in [-0.05, 0) is 0 Å². The molecule has 18 heavy (non-hydrogen) atoms. The van der Waals surface area contributed by atoms with Crippen LogP contribution in [0.15, 0.2) is 4.52 Å². The number of rotatable bonds is 4. The van der Waals surface area contributed by atoms with E-state index in [1.54, 1.807) is 11.8 Å². The van der Waals surface area contributed by atoms with E-state index in [1.165, 1.54) is 0 Å². The van der Waals surface area contributed by atoms with Gasteiger partial charge in [0.1, 0.15) is 13.2 Å². The summed E-state index contributed by atoms with van der Waals surface area (Å²) in [6, 6.07) is 0. The molecule has 102 valence electrons. The summed E-state index contributed by atoms with van der Waals surface area (Å²) in [6.07, 6.45) is -4.93. The third kappa shape index (κ3) is 3.59. The normalized spacial score (nSPS) is 24.7. The topological polar surface area (TPSA) is 68.4 Å². The zero-order valence-electron chi connectivity index (χ0n) is 9.18. The van der Waals surface area contributed by atoms with E-state index in [-0.39, 0.29) is 24.2 Å². The summed E-state index contributed by atoms with van der Waals surface area (Å²) in [7, 11) is 0. The Balaban J connectivity index is 1.86. The molecule has 1 fully saturated rings. The van der Waals surface area contributed by atoms with Gasteiger partial charge in [-0.15, -0.1) is 0 Å². The number of aromatic nitrogens is 2. The highest BCUT2D eigenvalue weighted by Crippen LogP contribution is 2.31. The van der Waals surface area contributed by atoms with Crippen molar-refractivity contribution in [1.82, 2.24) is 10.1 Å². The van der Waals surface area contributed by atoms with Gasteiger partial charge in [-0.25, -0.2) is 0 Å². The van der Waals surface area contributed by atoms with Crippen LogP contribution >= 0.6 is 11.8 Å². The fraction of sp³-hybridized carbons (Fsp3) is 0.778. The maximum absolute atomic E-state index is 11.8. The van der Waals surface area contributed by atoms with Gasteiger partial charge in [-0.3, -0.25) is 0 Å². The van der Waals surface area contributed by atoms with E-state index in [4.69, 9.17) is 4.52 Å². The smallest absolute Gasteiger partial charge is 0.391 e. The molecule has 0 aliphatic carbocycles. The average molecular weight is 284 g/mol. The summed E-state index contributed by atoms with van der Waals surface area (Å²) in [6.45, 7) is -1.71. The summed E-state index contributed by atoms with van der Waals surface area (Å²) in [5.74, 6) is 1.30. The number of nitrogens with zero attached hydrogens (tertiary/aromatic N) is 2. The quantitative estimate of drug-likeness (QED) is 0.900. The molecule has 1 aliphatic rings. The molecule has 0 bridgehead atoms. The van der Waals surface area contributed by atoms with Crippen LogP contribution in [0.25, 0.3) is 0 Å². The van der Waals surface area contributed by atoms with Crippen LogP contribution in [0.5, 0.6) is 0 Å². The number of aliphatic hydroxyl groups is 1. The largest absolute Gasteiger partial charge is 0.411 e. The highest BCUT2D eigenvalue weighted by Gasteiger charge is 2.32. The molecular weight excluding hydrogens is 273 g/mol. The van der Waals surface area contributed by atoms with E-state index < -0.39 is 18.9 Å².